The van der Waals surface area contributed by atoms with Crippen LogP contribution in [0.4, 0.5) is 0 Å². The summed E-state index contributed by atoms with van der Waals surface area (Å²) in [7, 11) is -3.46. The van der Waals surface area contributed by atoms with Crippen LogP contribution in [0.2, 0.25) is 0 Å². The van der Waals surface area contributed by atoms with Gasteiger partial charge in [-0.25, -0.2) is 13.1 Å². The minimum Gasteiger partial charge on any atom is -0.326 e. The highest BCUT2D eigenvalue weighted by Crippen LogP contribution is 2.39. The number of rotatable bonds is 5. The van der Waals surface area contributed by atoms with Gasteiger partial charge in [0.15, 0.2) is 0 Å². The fraction of sp³-hybridized carbons (Fsp3) is 0.538. The average Bonchev–Trinajstić information content (AvgIpc) is 3.12. The van der Waals surface area contributed by atoms with Crippen molar-refractivity contribution in [2.24, 2.45) is 11.7 Å². The van der Waals surface area contributed by atoms with Crippen LogP contribution in [-0.2, 0) is 16.6 Å². The summed E-state index contributed by atoms with van der Waals surface area (Å²) >= 11 is 0. The molecule has 0 spiro atoms. The van der Waals surface area contributed by atoms with E-state index in [9.17, 15) is 8.42 Å². The summed E-state index contributed by atoms with van der Waals surface area (Å²) in [5.41, 5.74) is 5.98. The van der Waals surface area contributed by atoms with Gasteiger partial charge in [-0.1, -0.05) is 12.1 Å². The van der Waals surface area contributed by atoms with Gasteiger partial charge in [0.1, 0.15) is 0 Å². The number of hydrogen-bond donors (Lipinski definition) is 2. The van der Waals surface area contributed by atoms with Crippen molar-refractivity contribution in [2.45, 2.75) is 43.7 Å². The van der Waals surface area contributed by atoms with Gasteiger partial charge in [0.2, 0.25) is 10.0 Å². The van der Waals surface area contributed by atoms with Crippen molar-refractivity contribution in [3.63, 3.8) is 0 Å². The standard InChI is InChI=1S/C13H20N2O2S/c1-13(2,11-6-7-11)15-18(16,17)12-5-3-4-10(8-12)9-14/h3-5,8,11,15H,6-7,9,14H2,1-2H3. The van der Waals surface area contributed by atoms with Gasteiger partial charge >= 0.3 is 0 Å². The molecule has 0 heterocycles. The highest BCUT2D eigenvalue weighted by Gasteiger charge is 2.40. The molecule has 4 nitrogen and oxygen atoms in total. The molecule has 5 heteroatoms. The first-order valence-electron chi connectivity index (χ1n) is 6.18. The lowest BCUT2D eigenvalue weighted by atomic mass is 10.0. The average molecular weight is 268 g/mol. The Morgan fingerprint density at radius 2 is 2.06 bits per heavy atom. The predicted octanol–water partition coefficient (Wildman–Crippen LogP) is 1.61. The molecule has 1 fully saturated rings. The van der Waals surface area contributed by atoms with E-state index >= 15 is 0 Å². The summed E-state index contributed by atoms with van der Waals surface area (Å²) in [6, 6.07) is 6.78. The zero-order valence-electron chi connectivity index (χ0n) is 10.8. The molecule has 1 aromatic carbocycles. The van der Waals surface area contributed by atoms with Crippen molar-refractivity contribution in [2.75, 3.05) is 0 Å². The topological polar surface area (TPSA) is 72.2 Å². The monoisotopic (exact) mass is 268 g/mol. The smallest absolute Gasteiger partial charge is 0.241 e. The molecule has 0 radical (unpaired) electrons. The second-order valence-electron chi connectivity index (χ2n) is 5.45. The van der Waals surface area contributed by atoms with Crippen molar-refractivity contribution in [3.05, 3.63) is 29.8 Å². The van der Waals surface area contributed by atoms with Gasteiger partial charge in [-0.05, 0) is 50.3 Å². The van der Waals surface area contributed by atoms with Crippen LogP contribution in [-0.4, -0.2) is 14.0 Å². The van der Waals surface area contributed by atoms with Gasteiger partial charge in [-0.3, -0.25) is 0 Å². The molecule has 1 aromatic rings. The van der Waals surface area contributed by atoms with Crippen molar-refractivity contribution in [1.82, 2.24) is 4.72 Å². The van der Waals surface area contributed by atoms with Gasteiger partial charge in [0.05, 0.1) is 4.90 Å². The van der Waals surface area contributed by atoms with E-state index in [1.54, 1.807) is 18.2 Å². The molecule has 0 amide bonds. The first-order valence-corrected chi connectivity index (χ1v) is 7.66. The molecule has 3 N–H and O–H groups in total. The third-order valence-electron chi connectivity index (χ3n) is 3.44. The Morgan fingerprint density at radius 3 is 2.61 bits per heavy atom. The Morgan fingerprint density at radius 1 is 1.39 bits per heavy atom. The summed E-state index contributed by atoms with van der Waals surface area (Å²) in [5, 5.41) is 0. The van der Waals surface area contributed by atoms with Crippen LogP contribution >= 0.6 is 0 Å². The van der Waals surface area contributed by atoms with E-state index in [0.29, 0.717) is 17.4 Å². The Labute approximate surface area is 109 Å². The number of hydrogen-bond acceptors (Lipinski definition) is 3. The minimum absolute atomic E-state index is 0.291. The molecular weight excluding hydrogens is 248 g/mol. The van der Waals surface area contributed by atoms with E-state index < -0.39 is 10.0 Å². The Hall–Kier alpha value is -0.910. The van der Waals surface area contributed by atoms with Gasteiger partial charge in [-0.2, -0.15) is 0 Å². The maximum Gasteiger partial charge on any atom is 0.241 e. The third kappa shape index (κ3) is 2.91. The molecule has 0 aliphatic heterocycles. The zero-order valence-corrected chi connectivity index (χ0v) is 11.6. The summed E-state index contributed by atoms with van der Waals surface area (Å²) in [6.45, 7) is 4.22. The van der Waals surface area contributed by atoms with Crippen LogP contribution in [0.15, 0.2) is 29.2 Å². The van der Waals surface area contributed by atoms with Crippen molar-refractivity contribution in [3.8, 4) is 0 Å². The molecule has 1 aliphatic rings. The molecule has 2 rings (SSSR count). The SMILES string of the molecule is CC(C)(NS(=O)(=O)c1cccc(CN)c1)C1CC1. The van der Waals surface area contributed by atoms with Gasteiger partial charge in [0, 0.05) is 12.1 Å². The first-order chi connectivity index (χ1) is 8.35. The second kappa shape index (κ2) is 4.64. The van der Waals surface area contributed by atoms with E-state index in [4.69, 9.17) is 5.73 Å². The molecule has 1 saturated carbocycles. The minimum atomic E-state index is -3.46. The van der Waals surface area contributed by atoms with Gasteiger partial charge in [0.25, 0.3) is 0 Å². The van der Waals surface area contributed by atoms with Gasteiger partial charge in [-0.15, -0.1) is 0 Å². The fourth-order valence-corrected chi connectivity index (χ4v) is 3.67. The lowest BCUT2D eigenvalue weighted by Gasteiger charge is -2.25. The largest absolute Gasteiger partial charge is 0.326 e. The van der Waals surface area contributed by atoms with Crippen molar-refractivity contribution in [1.29, 1.82) is 0 Å². The van der Waals surface area contributed by atoms with Crippen molar-refractivity contribution < 1.29 is 8.42 Å². The summed E-state index contributed by atoms with van der Waals surface area (Å²) in [5.74, 6) is 0.449. The summed E-state index contributed by atoms with van der Waals surface area (Å²) < 4.78 is 27.4. The van der Waals surface area contributed by atoms with E-state index in [-0.39, 0.29) is 5.54 Å². The van der Waals surface area contributed by atoms with Gasteiger partial charge < -0.3 is 5.73 Å². The number of nitrogens with one attached hydrogen (secondary N) is 1. The van der Waals surface area contributed by atoms with Crippen LogP contribution in [0, 0.1) is 5.92 Å². The van der Waals surface area contributed by atoms with E-state index in [1.807, 2.05) is 19.9 Å². The van der Waals surface area contributed by atoms with Crippen LogP contribution in [0.5, 0.6) is 0 Å². The summed E-state index contributed by atoms with van der Waals surface area (Å²) in [4.78, 5) is 0.291. The van der Waals surface area contributed by atoms with Crippen LogP contribution in [0.3, 0.4) is 0 Å². The molecule has 0 bridgehead atoms. The van der Waals surface area contributed by atoms with E-state index in [1.165, 1.54) is 0 Å². The Balaban J connectivity index is 2.24. The normalized spacial score (nSPS) is 16.8. The summed E-state index contributed by atoms with van der Waals surface area (Å²) in [6.07, 6.45) is 2.19. The lowest BCUT2D eigenvalue weighted by molar-refractivity contribution is 0.400. The van der Waals surface area contributed by atoms with Crippen molar-refractivity contribution >= 4 is 10.0 Å². The molecule has 1 aliphatic carbocycles. The highest BCUT2D eigenvalue weighted by molar-refractivity contribution is 7.89. The molecule has 0 saturated heterocycles. The Bertz CT molecular complexity index is 534. The molecule has 18 heavy (non-hydrogen) atoms. The maximum atomic E-state index is 12.3. The highest BCUT2D eigenvalue weighted by atomic mass is 32.2. The maximum absolute atomic E-state index is 12.3. The molecular formula is C13H20N2O2S. The number of sulfonamides is 1. The predicted molar refractivity (Wildman–Crippen MR) is 71.5 cm³/mol. The first kappa shape index (κ1) is 13.5. The molecule has 0 unspecified atom stereocenters. The van der Waals surface area contributed by atoms with Crippen LogP contribution in [0.1, 0.15) is 32.3 Å². The number of benzene rings is 1. The quantitative estimate of drug-likeness (QED) is 0.852. The lowest BCUT2D eigenvalue weighted by Crippen LogP contribution is -2.45. The molecule has 100 valence electrons. The van der Waals surface area contributed by atoms with Crippen LogP contribution in [0.25, 0.3) is 0 Å². The molecule has 0 atom stereocenters. The second-order valence-corrected chi connectivity index (χ2v) is 7.14. The Kier molecular flexibility index (Phi) is 3.49. The zero-order chi connectivity index (χ0) is 13.4. The van der Waals surface area contributed by atoms with E-state index in [0.717, 1.165) is 18.4 Å². The molecule has 0 aromatic heterocycles. The number of nitrogens with two attached hydrogens (primary N) is 1. The fourth-order valence-electron chi connectivity index (χ4n) is 2.13. The van der Waals surface area contributed by atoms with E-state index in [2.05, 4.69) is 4.72 Å². The van der Waals surface area contributed by atoms with Crippen LogP contribution < -0.4 is 10.5 Å². The third-order valence-corrected chi connectivity index (χ3v) is 5.11.